The van der Waals surface area contributed by atoms with E-state index >= 15 is 0 Å². The molecular weight excluding hydrogens is 521 g/mol. The van der Waals surface area contributed by atoms with E-state index in [0.717, 1.165) is 10.9 Å². The van der Waals surface area contributed by atoms with E-state index in [-0.39, 0.29) is 18.8 Å². The van der Waals surface area contributed by atoms with Crippen LogP contribution in [0.3, 0.4) is 0 Å². The summed E-state index contributed by atoms with van der Waals surface area (Å²) in [5.41, 5.74) is 7.10. The lowest BCUT2D eigenvalue weighted by Gasteiger charge is -2.26. The smallest absolute Gasteiger partial charge is 0.347 e. The van der Waals surface area contributed by atoms with Gasteiger partial charge in [0.05, 0.1) is 0 Å². The quantitative estimate of drug-likeness (QED) is 0.216. The lowest BCUT2D eigenvalue weighted by atomic mass is 9.97. The first-order valence-corrected chi connectivity index (χ1v) is 15.2. The first-order valence-electron chi connectivity index (χ1n) is 13.5. The summed E-state index contributed by atoms with van der Waals surface area (Å²) < 4.78 is 12.2. The molecule has 0 unspecified atom stereocenters. The summed E-state index contributed by atoms with van der Waals surface area (Å²) in [6, 6.07) is 5.98. The molecule has 218 valence electrons. The summed E-state index contributed by atoms with van der Waals surface area (Å²) in [4.78, 5) is 59.3. The van der Waals surface area contributed by atoms with Gasteiger partial charge in [-0.1, -0.05) is 51.3 Å². The summed E-state index contributed by atoms with van der Waals surface area (Å²) in [6.07, 6.45) is 8.48. The molecule has 1 aliphatic carbocycles. The number of hydrogen-bond donors (Lipinski definition) is 7. The Hall–Kier alpha value is -2.72. The first kappa shape index (κ1) is 32.5. The van der Waals surface area contributed by atoms with E-state index in [1.54, 1.807) is 6.20 Å². The van der Waals surface area contributed by atoms with Crippen molar-refractivity contribution in [2.45, 2.75) is 96.5 Å². The van der Waals surface area contributed by atoms with Gasteiger partial charge in [0.25, 0.3) is 0 Å². The minimum Gasteiger partial charge on any atom is -0.361 e. The molecule has 0 bridgehead atoms. The molecule has 3 atom stereocenters. The van der Waals surface area contributed by atoms with Gasteiger partial charge >= 0.3 is 7.60 Å². The highest BCUT2D eigenvalue weighted by atomic mass is 31.2. The highest BCUT2D eigenvalue weighted by molar-refractivity contribution is 7.52. The third-order valence-electron chi connectivity index (χ3n) is 6.61. The predicted octanol–water partition coefficient (Wildman–Crippen LogP) is 2.66. The number of nitrogens with one attached hydrogen (secondary N) is 4. The summed E-state index contributed by atoms with van der Waals surface area (Å²) in [6.45, 7) is 6.47. The summed E-state index contributed by atoms with van der Waals surface area (Å²) in [7, 11) is -4.71. The molecule has 0 aliphatic heterocycles. The molecule has 1 aliphatic rings. The van der Waals surface area contributed by atoms with E-state index < -0.39 is 43.2 Å². The fourth-order valence-electron chi connectivity index (χ4n) is 4.53. The lowest BCUT2D eigenvalue weighted by molar-refractivity contribution is -0.131. The minimum absolute atomic E-state index is 0.0178. The zero-order chi connectivity index (χ0) is 29.2. The van der Waals surface area contributed by atoms with Gasteiger partial charge in [-0.3, -0.25) is 18.9 Å². The predicted molar refractivity (Wildman–Crippen MR) is 152 cm³/mol. The molecule has 0 radical (unpaired) electrons. The number of carbonyl (C=O) groups is 3. The zero-order valence-electron chi connectivity index (χ0n) is 23.3. The third kappa shape index (κ3) is 11.1. The Kier molecular flexibility index (Phi) is 12.6. The van der Waals surface area contributed by atoms with Gasteiger partial charge in [-0.25, -0.2) is 0 Å². The van der Waals surface area contributed by atoms with Crippen LogP contribution in [0, 0.1) is 5.92 Å². The van der Waals surface area contributed by atoms with Gasteiger partial charge < -0.3 is 36.5 Å². The number of aromatic amines is 1. The normalized spacial score (nSPS) is 16.5. The number of aromatic nitrogens is 1. The SMILES string of the molecule is CC(=O)N[C@@H](C)C(=O)N[C@@H](CC(C)C)C(=O)N[C@@H](Cc1c[nH]c2ccccc12)P(=O)(O)O.NC1CCCCC1. The van der Waals surface area contributed by atoms with E-state index in [0.29, 0.717) is 11.6 Å². The van der Waals surface area contributed by atoms with E-state index in [1.807, 2.05) is 38.1 Å². The van der Waals surface area contributed by atoms with Crippen LogP contribution in [0.25, 0.3) is 10.9 Å². The molecular formula is C27H44N5O6P. The Morgan fingerprint density at radius 1 is 1.03 bits per heavy atom. The van der Waals surface area contributed by atoms with Gasteiger partial charge in [0, 0.05) is 36.5 Å². The number of nitrogens with two attached hydrogens (primary N) is 1. The van der Waals surface area contributed by atoms with E-state index in [1.165, 1.54) is 46.0 Å². The largest absolute Gasteiger partial charge is 0.361 e. The van der Waals surface area contributed by atoms with Crippen LogP contribution < -0.4 is 21.7 Å². The molecule has 3 amide bonds. The number of carbonyl (C=O) groups excluding carboxylic acids is 3. The lowest BCUT2D eigenvalue weighted by Crippen LogP contribution is -2.54. The summed E-state index contributed by atoms with van der Waals surface area (Å²) >= 11 is 0. The molecule has 39 heavy (non-hydrogen) atoms. The number of fused-ring (bicyclic) bond motifs is 1. The van der Waals surface area contributed by atoms with E-state index in [2.05, 4.69) is 20.9 Å². The van der Waals surface area contributed by atoms with Gasteiger partial charge in [-0.05, 0) is 43.7 Å². The van der Waals surface area contributed by atoms with Crippen LogP contribution in [0.4, 0.5) is 0 Å². The molecule has 1 fully saturated rings. The molecule has 1 heterocycles. The molecule has 1 aromatic heterocycles. The van der Waals surface area contributed by atoms with Crippen LogP contribution in [0.5, 0.6) is 0 Å². The van der Waals surface area contributed by atoms with Crippen molar-refractivity contribution in [2.75, 3.05) is 0 Å². The molecule has 8 N–H and O–H groups in total. The topological polar surface area (TPSA) is 187 Å². The van der Waals surface area contributed by atoms with E-state index in [4.69, 9.17) is 5.73 Å². The van der Waals surface area contributed by atoms with E-state index in [9.17, 15) is 28.7 Å². The number of H-pyrrole nitrogens is 1. The van der Waals surface area contributed by atoms with Crippen LogP contribution >= 0.6 is 7.60 Å². The number of amides is 3. The second-order valence-corrected chi connectivity index (χ2v) is 12.5. The molecule has 2 aromatic rings. The third-order valence-corrected chi connectivity index (χ3v) is 7.73. The highest BCUT2D eigenvalue weighted by Gasteiger charge is 2.34. The average molecular weight is 566 g/mol. The minimum atomic E-state index is -4.71. The van der Waals surface area contributed by atoms with Crippen molar-refractivity contribution >= 4 is 36.2 Å². The fraction of sp³-hybridized carbons (Fsp3) is 0.593. The number of para-hydroxylation sites is 1. The van der Waals surface area contributed by atoms with Crippen LogP contribution in [0.1, 0.15) is 71.8 Å². The van der Waals surface area contributed by atoms with Crippen molar-refractivity contribution in [2.24, 2.45) is 11.7 Å². The Morgan fingerprint density at radius 2 is 1.67 bits per heavy atom. The van der Waals surface area contributed by atoms with Crippen molar-refractivity contribution in [1.82, 2.24) is 20.9 Å². The molecule has 11 nitrogen and oxygen atoms in total. The average Bonchev–Trinajstić information content (AvgIpc) is 3.25. The summed E-state index contributed by atoms with van der Waals surface area (Å²) in [5, 5.41) is 8.25. The molecule has 12 heteroatoms. The number of hydrogen-bond acceptors (Lipinski definition) is 5. The maximum absolute atomic E-state index is 12.9. The standard InChI is InChI=1S/C21H31N4O6P.C6H13N/c1-12(2)9-18(24-20(27)13(3)23-14(4)26)21(28)25-19(32(29,30)31)10-15-11-22-17-8-6-5-7-16(15)17;7-6-4-2-1-3-5-6/h5-8,11-13,18-19,22H,9-10H2,1-4H3,(H,23,26)(H,24,27)(H,25,28)(H2,29,30,31);6H,1-5,7H2/t13-,18-,19+;/m0./s1. The van der Waals surface area contributed by atoms with Crippen molar-refractivity contribution in [3.8, 4) is 0 Å². The van der Waals surface area contributed by atoms with Gasteiger partial charge in [-0.15, -0.1) is 0 Å². The van der Waals surface area contributed by atoms with Crippen LogP contribution in [0.2, 0.25) is 0 Å². The van der Waals surface area contributed by atoms with Gasteiger partial charge in [0.2, 0.25) is 17.7 Å². The van der Waals surface area contributed by atoms with Crippen molar-refractivity contribution in [1.29, 1.82) is 0 Å². The van der Waals surface area contributed by atoms with Crippen molar-refractivity contribution in [3.63, 3.8) is 0 Å². The van der Waals surface area contributed by atoms with Gasteiger partial charge in [0.1, 0.15) is 17.9 Å². The number of benzene rings is 1. The van der Waals surface area contributed by atoms with Gasteiger partial charge in [0.15, 0.2) is 0 Å². The Bertz CT molecular complexity index is 1140. The zero-order valence-corrected chi connectivity index (χ0v) is 24.2. The fourth-order valence-corrected chi connectivity index (χ4v) is 5.26. The Labute approximate surface area is 230 Å². The highest BCUT2D eigenvalue weighted by Crippen LogP contribution is 2.42. The van der Waals surface area contributed by atoms with Gasteiger partial charge in [-0.2, -0.15) is 0 Å². The van der Waals surface area contributed by atoms with Crippen LogP contribution in [-0.2, 0) is 25.4 Å². The molecule has 0 saturated heterocycles. The van der Waals surface area contributed by atoms with Crippen molar-refractivity contribution < 1.29 is 28.7 Å². The Balaban J connectivity index is 0.000000658. The van der Waals surface area contributed by atoms with Crippen LogP contribution in [-0.4, -0.2) is 56.4 Å². The maximum atomic E-state index is 12.9. The van der Waals surface area contributed by atoms with Crippen molar-refractivity contribution in [3.05, 3.63) is 36.0 Å². The first-order chi connectivity index (χ1) is 18.3. The number of rotatable bonds is 10. The van der Waals surface area contributed by atoms with Crippen LogP contribution in [0.15, 0.2) is 30.5 Å². The molecule has 0 spiro atoms. The second-order valence-electron chi connectivity index (χ2n) is 10.7. The Morgan fingerprint density at radius 3 is 2.21 bits per heavy atom. The maximum Gasteiger partial charge on any atom is 0.347 e. The summed E-state index contributed by atoms with van der Waals surface area (Å²) in [5.74, 6) is -3.10. The molecule has 1 saturated carbocycles. The molecule has 1 aromatic carbocycles. The second kappa shape index (κ2) is 15.2. The molecule has 3 rings (SSSR count). The monoisotopic (exact) mass is 565 g/mol.